The van der Waals surface area contributed by atoms with Crippen molar-refractivity contribution in [2.75, 3.05) is 19.5 Å². The summed E-state index contributed by atoms with van der Waals surface area (Å²) in [5.41, 5.74) is 1.57. The Morgan fingerprint density at radius 2 is 1.74 bits per heavy atom. The third-order valence-corrected chi connectivity index (χ3v) is 5.66. The summed E-state index contributed by atoms with van der Waals surface area (Å²) >= 11 is 0. The van der Waals surface area contributed by atoms with E-state index < -0.39 is 11.5 Å². The van der Waals surface area contributed by atoms with Gasteiger partial charge in [-0.1, -0.05) is 18.2 Å². The second-order valence-electron chi connectivity index (χ2n) is 7.77. The average Bonchev–Trinajstić information content (AvgIpc) is 3.08. The van der Waals surface area contributed by atoms with Crippen LogP contribution in [0.3, 0.4) is 0 Å². The van der Waals surface area contributed by atoms with Crippen LogP contribution in [0.4, 0.5) is 5.69 Å². The third kappa shape index (κ3) is 4.58. The van der Waals surface area contributed by atoms with Gasteiger partial charge < -0.3 is 14.8 Å². The summed E-state index contributed by atoms with van der Waals surface area (Å²) in [4.78, 5) is 38.3. The zero-order chi connectivity index (χ0) is 25.1. The van der Waals surface area contributed by atoms with E-state index >= 15 is 0 Å². The van der Waals surface area contributed by atoms with Crippen molar-refractivity contribution in [2.45, 2.75) is 13.5 Å². The molecule has 4 aromatic rings. The number of carbonyl (C=O) groups excluding carboxylic acids is 1. The molecule has 10 nitrogen and oxygen atoms in total. The molecule has 1 N–H and O–H groups in total. The number of hydrogen-bond acceptors (Lipinski definition) is 6. The lowest BCUT2D eigenvalue weighted by Crippen LogP contribution is -2.30. The first-order valence-corrected chi connectivity index (χ1v) is 10.8. The molecule has 0 atom stereocenters. The molecule has 180 valence electrons. The fourth-order valence-electron chi connectivity index (χ4n) is 3.75. The van der Waals surface area contributed by atoms with E-state index in [4.69, 9.17) is 9.47 Å². The number of anilines is 1. The van der Waals surface area contributed by atoms with E-state index in [1.807, 2.05) is 18.2 Å². The van der Waals surface area contributed by atoms with Gasteiger partial charge in [-0.3, -0.25) is 19.1 Å². The molecule has 0 radical (unpaired) electrons. The monoisotopic (exact) mass is 475 g/mol. The molecule has 35 heavy (non-hydrogen) atoms. The summed E-state index contributed by atoms with van der Waals surface area (Å²) in [6.45, 7) is 1.36. The maximum atomic E-state index is 13.1. The SMILES string of the molecule is COc1ccc(OC)c(-c2ccc(=O)n(CC(=O)Nc3c(C)n(C)n(-c4ccccc4)c3=O)n2)c1. The molecule has 2 heterocycles. The first kappa shape index (κ1) is 23.6. The van der Waals surface area contributed by atoms with Gasteiger partial charge in [0.15, 0.2) is 0 Å². The fourth-order valence-corrected chi connectivity index (χ4v) is 3.75. The molecule has 0 spiro atoms. The van der Waals surface area contributed by atoms with Crippen LogP contribution in [0, 0.1) is 6.92 Å². The van der Waals surface area contributed by atoms with E-state index in [2.05, 4.69) is 10.4 Å². The number of amides is 1. The topological polar surface area (TPSA) is 109 Å². The number of carbonyl (C=O) groups is 1. The Balaban J connectivity index is 1.63. The summed E-state index contributed by atoms with van der Waals surface area (Å²) in [7, 11) is 4.80. The normalized spacial score (nSPS) is 10.7. The van der Waals surface area contributed by atoms with Gasteiger partial charge in [-0.15, -0.1) is 0 Å². The smallest absolute Gasteiger partial charge is 0.295 e. The lowest BCUT2D eigenvalue weighted by atomic mass is 10.1. The Morgan fingerprint density at radius 3 is 2.43 bits per heavy atom. The molecule has 4 rings (SSSR count). The van der Waals surface area contributed by atoms with Crippen molar-refractivity contribution < 1.29 is 14.3 Å². The maximum Gasteiger partial charge on any atom is 0.295 e. The quantitative estimate of drug-likeness (QED) is 0.440. The van der Waals surface area contributed by atoms with Gasteiger partial charge in [0, 0.05) is 18.7 Å². The maximum absolute atomic E-state index is 13.1. The van der Waals surface area contributed by atoms with Crippen molar-refractivity contribution in [1.82, 2.24) is 19.1 Å². The van der Waals surface area contributed by atoms with Crippen LogP contribution in [0.5, 0.6) is 11.5 Å². The van der Waals surface area contributed by atoms with Crippen molar-refractivity contribution in [3.05, 3.63) is 87.1 Å². The predicted molar refractivity (Wildman–Crippen MR) is 131 cm³/mol. The molecule has 0 saturated carbocycles. The Labute approximate surface area is 200 Å². The molecule has 0 bridgehead atoms. The van der Waals surface area contributed by atoms with E-state index in [1.165, 1.54) is 17.9 Å². The van der Waals surface area contributed by atoms with Crippen LogP contribution in [0.2, 0.25) is 0 Å². The zero-order valence-electron chi connectivity index (χ0n) is 19.8. The van der Waals surface area contributed by atoms with Crippen LogP contribution in [0.1, 0.15) is 5.69 Å². The summed E-state index contributed by atoms with van der Waals surface area (Å²) in [6.07, 6.45) is 0. The largest absolute Gasteiger partial charge is 0.497 e. The lowest BCUT2D eigenvalue weighted by molar-refractivity contribution is -0.117. The number of nitrogens with one attached hydrogen (secondary N) is 1. The molecule has 0 fully saturated rings. The molecule has 0 aliphatic heterocycles. The molecule has 10 heteroatoms. The molecule has 1 amide bonds. The predicted octanol–water partition coefficient (Wildman–Crippen LogP) is 2.36. The number of nitrogens with zero attached hydrogens (tertiary/aromatic N) is 4. The summed E-state index contributed by atoms with van der Waals surface area (Å²) in [6, 6.07) is 17.2. The number of ether oxygens (including phenoxy) is 2. The van der Waals surface area contributed by atoms with Crippen molar-refractivity contribution in [3.8, 4) is 28.4 Å². The van der Waals surface area contributed by atoms with Gasteiger partial charge in [-0.2, -0.15) is 5.10 Å². The van der Waals surface area contributed by atoms with Crippen molar-refractivity contribution in [1.29, 1.82) is 0 Å². The number of hydrogen-bond donors (Lipinski definition) is 1. The standard InChI is InChI=1S/C25H25N5O5/c1-16-24(25(33)30(28(16)2)17-8-6-5-7-9-17)26-22(31)15-29-23(32)13-11-20(27-29)19-14-18(34-3)10-12-21(19)35-4/h5-14H,15H2,1-4H3,(H,26,31). The Kier molecular flexibility index (Phi) is 6.54. The van der Waals surface area contributed by atoms with Gasteiger partial charge >= 0.3 is 0 Å². The van der Waals surface area contributed by atoms with Crippen molar-refractivity contribution >= 4 is 11.6 Å². The molecular weight excluding hydrogens is 450 g/mol. The van der Waals surface area contributed by atoms with Crippen LogP contribution in [0.25, 0.3) is 16.9 Å². The van der Waals surface area contributed by atoms with Gasteiger partial charge in [-0.25, -0.2) is 9.36 Å². The molecule has 0 aliphatic carbocycles. The van der Waals surface area contributed by atoms with Crippen LogP contribution in [0.15, 0.2) is 70.3 Å². The van der Waals surface area contributed by atoms with Crippen LogP contribution >= 0.6 is 0 Å². The minimum absolute atomic E-state index is 0.139. The molecule has 2 aromatic heterocycles. The number of methoxy groups -OCH3 is 2. The van der Waals surface area contributed by atoms with E-state index in [0.717, 1.165) is 4.68 Å². The fraction of sp³-hybridized carbons (Fsp3) is 0.200. The second-order valence-corrected chi connectivity index (χ2v) is 7.77. The van der Waals surface area contributed by atoms with E-state index in [0.29, 0.717) is 34.1 Å². The van der Waals surface area contributed by atoms with E-state index in [-0.39, 0.29) is 17.8 Å². The summed E-state index contributed by atoms with van der Waals surface area (Å²) in [5, 5.41) is 6.99. The highest BCUT2D eigenvalue weighted by molar-refractivity contribution is 5.91. The Morgan fingerprint density at radius 1 is 1.00 bits per heavy atom. The molecule has 0 unspecified atom stereocenters. The Hall–Kier alpha value is -4.60. The minimum atomic E-state index is -0.555. The van der Waals surface area contributed by atoms with Gasteiger partial charge in [0.05, 0.1) is 31.3 Å². The first-order valence-electron chi connectivity index (χ1n) is 10.8. The number of aromatic nitrogens is 4. The highest BCUT2D eigenvalue weighted by atomic mass is 16.5. The van der Waals surface area contributed by atoms with Crippen LogP contribution in [-0.2, 0) is 18.4 Å². The molecular formula is C25H25N5O5. The molecule has 2 aromatic carbocycles. The average molecular weight is 476 g/mol. The third-order valence-electron chi connectivity index (χ3n) is 5.66. The minimum Gasteiger partial charge on any atom is -0.497 e. The first-order chi connectivity index (χ1) is 16.8. The number of benzene rings is 2. The van der Waals surface area contributed by atoms with Gasteiger partial charge in [0.2, 0.25) is 5.91 Å². The highest BCUT2D eigenvalue weighted by Crippen LogP contribution is 2.31. The van der Waals surface area contributed by atoms with E-state index in [9.17, 15) is 14.4 Å². The van der Waals surface area contributed by atoms with Crippen molar-refractivity contribution in [2.24, 2.45) is 7.05 Å². The van der Waals surface area contributed by atoms with Gasteiger partial charge in [0.1, 0.15) is 23.7 Å². The van der Waals surface area contributed by atoms with Crippen LogP contribution < -0.4 is 25.9 Å². The van der Waals surface area contributed by atoms with E-state index in [1.54, 1.807) is 62.2 Å². The van der Waals surface area contributed by atoms with Gasteiger partial charge in [0.25, 0.3) is 11.1 Å². The molecule has 0 saturated heterocycles. The summed E-state index contributed by atoms with van der Waals surface area (Å²) in [5.74, 6) is 0.571. The Bertz CT molecular complexity index is 1500. The molecule has 0 aliphatic rings. The number of rotatable bonds is 7. The summed E-state index contributed by atoms with van der Waals surface area (Å²) < 4.78 is 14.8. The van der Waals surface area contributed by atoms with Crippen LogP contribution in [-0.4, -0.2) is 39.3 Å². The highest BCUT2D eigenvalue weighted by Gasteiger charge is 2.19. The lowest BCUT2D eigenvalue weighted by Gasteiger charge is -2.11. The number of para-hydroxylation sites is 1. The second kappa shape index (κ2) is 9.72. The van der Waals surface area contributed by atoms with Gasteiger partial charge in [-0.05, 0) is 43.3 Å². The van der Waals surface area contributed by atoms with Crippen molar-refractivity contribution in [3.63, 3.8) is 0 Å². The zero-order valence-corrected chi connectivity index (χ0v) is 19.8.